The lowest BCUT2D eigenvalue weighted by molar-refractivity contribution is 0.103. The van der Waals surface area contributed by atoms with Crippen molar-refractivity contribution in [1.82, 2.24) is 4.98 Å². The predicted molar refractivity (Wildman–Crippen MR) is 82.3 cm³/mol. The number of fused-ring (bicyclic) bond motifs is 1. The van der Waals surface area contributed by atoms with Crippen molar-refractivity contribution in [2.45, 2.75) is 6.54 Å². The molecule has 4 nitrogen and oxygen atoms in total. The first-order valence-corrected chi connectivity index (χ1v) is 6.86. The van der Waals surface area contributed by atoms with Crippen molar-refractivity contribution in [3.05, 3.63) is 81.3 Å². The van der Waals surface area contributed by atoms with Gasteiger partial charge in [0.1, 0.15) is 11.6 Å². The zero-order chi connectivity index (χ0) is 16.6. The number of halogens is 2. The van der Waals surface area contributed by atoms with Crippen LogP contribution in [-0.2, 0) is 6.54 Å². The minimum absolute atomic E-state index is 0.00610. The summed E-state index contributed by atoms with van der Waals surface area (Å²) in [4.78, 5) is 26.9. The monoisotopic (exact) mass is 314 g/mol. The Balaban J connectivity index is 2.21. The quantitative estimate of drug-likeness (QED) is 0.729. The Hall–Kier alpha value is -2.86. The van der Waals surface area contributed by atoms with Gasteiger partial charge in [0.05, 0.1) is 5.56 Å². The third-order valence-corrected chi connectivity index (χ3v) is 3.66. The Morgan fingerprint density at radius 1 is 1.04 bits per heavy atom. The highest BCUT2D eigenvalue weighted by molar-refractivity contribution is 6.16. The van der Waals surface area contributed by atoms with Crippen LogP contribution >= 0.6 is 0 Å². The smallest absolute Gasteiger partial charge is 0.255 e. The number of rotatable bonds is 3. The minimum atomic E-state index is -0.848. The molecule has 0 bridgehead atoms. The molecule has 116 valence electrons. The lowest BCUT2D eigenvalue weighted by Crippen LogP contribution is -2.11. The van der Waals surface area contributed by atoms with Crippen LogP contribution in [0.1, 0.15) is 21.5 Å². The molecule has 3 aromatic rings. The van der Waals surface area contributed by atoms with Crippen LogP contribution in [0.5, 0.6) is 0 Å². The van der Waals surface area contributed by atoms with Crippen LogP contribution in [-0.4, -0.2) is 10.8 Å². The first-order valence-electron chi connectivity index (χ1n) is 6.86. The van der Waals surface area contributed by atoms with Crippen molar-refractivity contribution in [3.63, 3.8) is 0 Å². The number of aromatic nitrogens is 1. The third kappa shape index (κ3) is 2.53. The van der Waals surface area contributed by atoms with E-state index in [0.717, 1.165) is 12.1 Å². The third-order valence-electron chi connectivity index (χ3n) is 3.66. The van der Waals surface area contributed by atoms with Gasteiger partial charge in [0.15, 0.2) is 5.78 Å². The van der Waals surface area contributed by atoms with E-state index in [0.29, 0.717) is 10.8 Å². The first kappa shape index (κ1) is 15.1. The maximum absolute atomic E-state index is 14.1. The molecule has 0 aliphatic heterocycles. The van der Waals surface area contributed by atoms with Crippen molar-refractivity contribution >= 4 is 16.6 Å². The van der Waals surface area contributed by atoms with Gasteiger partial charge in [0, 0.05) is 29.3 Å². The summed E-state index contributed by atoms with van der Waals surface area (Å²) >= 11 is 0. The van der Waals surface area contributed by atoms with Gasteiger partial charge in [-0.2, -0.15) is 0 Å². The fourth-order valence-corrected chi connectivity index (χ4v) is 2.48. The zero-order valence-electron chi connectivity index (χ0n) is 11.9. The molecular formula is C17H12F2N2O2. The molecule has 0 amide bonds. The Labute approximate surface area is 129 Å². The highest BCUT2D eigenvalue weighted by Gasteiger charge is 2.19. The molecular weight excluding hydrogens is 302 g/mol. The van der Waals surface area contributed by atoms with Crippen molar-refractivity contribution in [1.29, 1.82) is 0 Å². The second-order valence-corrected chi connectivity index (χ2v) is 5.03. The van der Waals surface area contributed by atoms with Gasteiger partial charge in [-0.3, -0.25) is 9.59 Å². The van der Waals surface area contributed by atoms with E-state index in [-0.39, 0.29) is 23.2 Å². The van der Waals surface area contributed by atoms with Gasteiger partial charge in [-0.15, -0.1) is 0 Å². The van der Waals surface area contributed by atoms with E-state index in [4.69, 9.17) is 5.73 Å². The molecule has 3 N–H and O–H groups in total. The average molecular weight is 314 g/mol. The molecule has 0 saturated carbocycles. The van der Waals surface area contributed by atoms with E-state index in [9.17, 15) is 18.4 Å². The number of hydrogen-bond donors (Lipinski definition) is 2. The molecule has 0 atom stereocenters. The fraction of sp³-hybridized carbons (Fsp3) is 0.0588. The van der Waals surface area contributed by atoms with Crippen LogP contribution in [0.25, 0.3) is 10.8 Å². The van der Waals surface area contributed by atoms with E-state index >= 15 is 0 Å². The summed E-state index contributed by atoms with van der Waals surface area (Å²) in [5, 5.41) is 0.682. The van der Waals surface area contributed by atoms with Gasteiger partial charge >= 0.3 is 0 Å². The number of nitrogens with one attached hydrogen (secondary N) is 1. The van der Waals surface area contributed by atoms with Gasteiger partial charge in [0.2, 0.25) is 0 Å². The van der Waals surface area contributed by atoms with Crippen LogP contribution < -0.4 is 11.3 Å². The number of pyridine rings is 1. The van der Waals surface area contributed by atoms with Crippen molar-refractivity contribution in [2.75, 3.05) is 0 Å². The van der Waals surface area contributed by atoms with E-state index in [2.05, 4.69) is 4.98 Å². The van der Waals surface area contributed by atoms with Crippen LogP contribution in [0.3, 0.4) is 0 Å². The average Bonchev–Trinajstić information content (AvgIpc) is 2.56. The van der Waals surface area contributed by atoms with Gasteiger partial charge in [0.25, 0.3) is 5.56 Å². The molecule has 23 heavy (non-hydrogen) atoms. The summed E-state index contributed by atoms with van der Waals surface area (Å²) in [5.41, 5.74) is 4.69. The molecule has 3 rings (SSSR count). The molecule has 0 fully saturated rings. The second kappa shape index (κ2) is 5.73. The number of nitrogens with two attached hydrogens (primary N) is 1. The summed E-state index contributed by atoms with van der Waals surface area (Å²) in [6, 6.07) is 7.85. The van der Waals surface area contributed by atoms with E-state index in [1.54, 1.807) is 12.1 Å². The zero-order valence-corrected chi connectivity index (χ0v) is 11.9. The van der Waals surface area contributed by atoms with Crippen molar-refractivity contribution in [2.24, 2.45) is 5.73 Å². The SMILES string of the molecule is NCc1cc(F)c(C(=O)c2cccc3c(=O)[nH]ccc23)cc1F. The summed E-state index contributed by atoms with van der Waals surface area (Å²) < 4.78 is 28.0. The highest BCUT2D eigenvalue weighted by Crippen LogP contribution is 2.22. The number of hydrogen-bond acceptors (Lipinski definition) is 3. The largest absolute Gasteiger partial charge is 0.329 e. The lowest BCUT2D eigenvalue weighted by atomic mass is 9.97. The summed E-state index contributed by atoms with van der Waals surface area (Å²) in [6.07, 6.45) is 1.40. The Bertz CT molecular complexity index is 980. The van der Waals surface area contributed by atoms with E-state index < -0.39 is 23.0 Å². The number of benzene rings is 2. The number of ketones is 1. The maximum atomic E-state index is 14.1. The topological polar surface area (TPSA) is 76.0 Å². The Kier molecular flexibility index (Phi) is 3.75. The Morgan fingerprint density at radius 3 is 2.57 bits per heavy atom. The van der Waals surface area contributed by atoms with Gasteiger partial charge in [-0.1, -0.05) is 12.1 Å². The van der Waals surface area contributed by atoms with Crippen LogP contribution in [0.4, 0.5) is 8.78 Å². The Morgan fingerprint density at radius 2 is 1.83 bits per heavy atom. The normalized spacial score (nSPS) is 10.9. The maximum Gasteiger partial charge on any atom is 0.255 e. The summed E-state index contributed by atoms with van der Waals surface area (Å²) in [7, 11) is 0. The second-order valence-electron chi connectivity index (χ2n) is 5.03. The minimum Gasteiger partial charge on any atom is -0.329 e. The van der Waals surface area contributed by atoms with Crippen molar-refractivity contribution in [3.8, 4) is 0 Å². The van der Waals surface area contributed by atoms with Crippen molar-refractivity contribution < 1.29 is 13.6 Å². The summed E-state index contributed by atoms with van der Waals surface area (Å²) in [6.45, 7) is -0.166. The first-order chi connectivity index (χ1) is 11.0. The molecule has 0 aliphatic rings. The fourth-order valence-electron chi connectivity index (χ4n) is 2.48. The predicted octanol–water partition coefficient (Wildman–Crippen LogP) is 2.50. The van der Waals surface area contributed by atoms with E-state index in [1.165, 1.54) is 18.3 Å². The van der Waals surface area contributed by atoms with Gasteiger partial charge in [-0.05, 0) is 29.7 Å². The molecule has 2 aromatic carbocycles. The molecule has 0 saturated heterocycles. The number of H-pyrrole nitrogens is 1. The van der Waals surface area contributed by atoms with Crippen LogP contribution in [0, 0.1) is 11.6 Å². The standard InChI is InChI=1S/C17H12F2N2O2/c18-14-7-13(15(19)6-9(14)8-20)16(22)11-2-1-3-12-10(11)4-5-21-17(12)23/h1-7H,8,20H2,(H,21,23). The molecule has 0 unspecified atom stereocenters. The van der Waals surface area contributed by atoms with Crippen LogP contribution in [0.15, 0.2) is 47.4 Å². The molecule has 1 heterocycles. The molecule has 6 heteroatoms. The van der Waals surface area contributed by atoms with Crippen LogP contribution in [0.2, 0.25) is 0 Å². The number of aromatic amines is 1. The number of carbonyl (C=O) groups is 1. The summed E-state index contributed by atoms with van der Waals surface area (Å²) in [5.74, 6) is -2.28. The lowest BCUT2D eigenvalue weighted by Gasteiger charge is -2.08. The molecule has 0 aliphatic carbocycles. The van der Waals surface area contributed by atoms with Gasteiger partial charge in [-0.25, -0.2) is 8.78 Å². The molecule has 1 aromatic heterocycles. The molecule has 0 radical (unpaired) electrons. The van der Waals surface area contributed by atoms with Gasteiger partial charge < -0.3 is 10.7 Å². The molecule has 0 spiro atoms. The highest BCUT2D eigenvalue weighted by atomic mass is 19.1. The van der Waals surface area contributed by atoms with E-state index in [1.807, 2.05) is 0 Å². The number of carbonyl (C=O) groups excluding carboxylic acids is 1.